The number of alkyl halides is 3. The number of aromatic nitrogens is 1. The molecule has 174 valence electrons. The molecule has 0 saturated carbocycles. The third-order valence-corrected chi connectivity index (χ3v) is 5.46. The molecular formula is C22H26ClF3N4O2. The molecule has 1 saturated heterocycles. The van der Waals surface area contributed by atoms with E-state index in [-0.39, 0.29) is 11.7 Å². The van der Waals surface area contributed by atoms with Gasteiger partial charge in [0, 0.05) is 31.7 Å². The van der Waals surface area contributed by atoms with Crippen LogP contribution in [-0.4, -0.2) is 52.9 Å². The van der Waals surface area contributed by atoms with Gasteiger partial charge in [0.05, 0.1) is 6.10 Å². The average molecular weight is 471 g/mol. The molecular weight excluding hydrogens is 445 g/mol. The molecule has 1 aromatic heterocycles. The van der Waals surface area contributed by atoms with Crippen LogP contribution in [-0.2, 0) is 0 Å². The molecule has 2 atom stereocenters. The van der Waals surface area contributed by atoms with E-state index in [1.54, 1.807) is 31.2 Å². The number of hydrogen-bond donors (Lipinski definition) is 3. The number of amides is 2. The van der Waals surface area contributed by atoms with Gasteiger partial charge in [-0.3, -0.25) is 0 Å². The van der Waals surface area contributed by atoms with E-state index in [0.29, 0.717) is 31.0 Å². The van der Waals surface area contributed by atoms with E-state index in [2.05, 4.69) is 15.6 Å². The minimum Gasteiger partial charge on any atom is -0.392 e. The van der Waals surface area contributed by atoms with Crippen LogP contribution in [0.15, 0.2) is 30.3 Å². The Bertz CT molecular complexity index is 969. The van der Waals surface area contributed by atoms with E-state index < -0.39 is 30.7 Å². The first-order chi connectivity index (χ1) is 15.0. The van der Waals surface area contributed by atoms with Gasteiger partial charge in [-0.15, -0.1) is 0 Å². The summed E-state index contributed by atoms with van der Waals surface area (Å²) in [6.07, 6.45) is -5.32. The number of hydrogen-bond acceptors (Lipinski definition) is 4. The van der Waals surface area contributed by atoms with Crippen molar-refractivity contribution in [1.29, 1.82) is 0 Å². The maximum atomic E-state index is 12.6. The molecule has 1 fully saturated rings. The first-order valence-electron chi connectivity index (χ1n) is 10.3. The summed E-state index contributed by atoms with van der Waals surface area (Å²) in [7, 11) is 0. The molecule has 1 aromatic carbocycles. The lowest BCUT2D eigenvalue weighted by Gasteiger charge is -2.19. The summed E-state index contributed by atoms with van der Waals surface area (Å²) in [4.78, 5) is 18.2. The van der Waals surface area contributed by atoms with E-state index in [4.69, 9.17) is 11.6 Å². The molecule has 1 aliphatic rings. The number of aryl methyl sites for hydroxylation is 1. The van der Waals surface area contributed by atoms with Crippen molar-refractivity contribution in [3.63, 3.8) is 0 Å². The van der Waals surface area contributed by atoms with Crippen molar-refractivity contribution in [2.24, 2.45) is 5.92 Å². The molecule has 2 amide bonds. The fraction of sp³-hybridized carbons (Fsp3) is 0.455. The number of benzene rings is 1. The van der Waals surface area contributed by atoms with Crippen molar-refractivity contribution in [3.05, 3.63) is 41.0 Å². The minimum atomic E-state index is -4.22. The molecule has 1 aliphatic heterocycles. The summed E-state index contributed by atoms with van der Waals surface area (Å²) in [5.74, 6) is -0.0594. The Hall–Kier alpha value is -2.52. The molecule has 6 nitrogen and oxygen atoms in total. The SMILES string of the molecule is Cc1ccc(NC(=O)N2CCC(CC(F)(F)F)C2)cc1-c1cc(Cl)nc(NC[C@@H](C)O)c1. The number of rotatable bonds is 6. The van der Waals surface area contributed by atoms with E-state index in [1.807, 2.05) is 13.0 Å². The van der Waals surface area contributed by atoms with Gasteiger partial charge in [0.2, 0.25) is 0 Å². The molecule has 3 rings (SSSR count). The molecule has 0 aliphatic carbocycles. The van der Waals surface area contributed by atoms with Gasteiger partial charge >= 0.3 is 12.2 Å². The van der Waals surface area contributed by atoms with Crippen LogP contribution in [0.2, 0.25) is 5.15 Å². The summed E-state index contributed by atoms with van der Waals surface area (Å²) in [6, 6.07) is 8.46. The zero-order chi connectivity index (χ0) is 23.5. The van der Waals surface area contributed by atoms with Crippen molar-refractivity contribution in [2.75, 3.05) is 30.3 Å². The first kappa shape index (κ1) is 24.1. The second-order valence-corrected chi connectivity index (χ2v) is 8.56. The van der Waals surface area contributed by atoms with E-state index in [9.17, 15) is 23.1 Å². The summed E-state index contributed by atoms with van der Waals surface area (Å²) in [5, 5.41) is 15.5. The van der Waals surface area contributed by atoms with Crippen LogP contribution in [0.5, 0.6) is 0 Å². The summed E-state index contributed by atoms with van der Waals surface area (Å²) >= 11 is 6.17. The summed E-state index contributed by atoms with van der Waals surface area (Å²) < 4.78 is 37.9. The number of anilines is 2. The first-order valence-corrected chi connectivity index (χ1v) is 10.7. The number of aliphatic hydroxyl groups is 1. The van der Waals surface area contributed by atoms with Gasteiger partial charge in [-0.1, -0.05) is 17.7 Å². The monoisotopic (exact) mass is 470 g/mol. The lowest BCUT2D eigenvalue weighted by atomic mass is 10.0. The Morgan fingerprint density at radius 1 is 1.34 bits per heavy atom. The summed E-state index contributed by atoms with van der Waals surface area (Å²) in [5.41, 5.74) is 3.07. The number of likely N-dealkylation sites (tertiary alicyclic amines) is 1. The number of carbonyl (C=O) groups is 1. The Morgan fingerprint density at radius 3 is 2.78 bits per heavy atom. The van der Waals surface area contributed by atoms with E-state index in [1.165, 1.54) is 4.90 Å². The topological polar surface area (TPSA) is 77.5 Å². The number of urea groups is 1. The standard InChI is InChI=1S/C22H26ClF3N4O2/c1-13-3-4-17(28-21(32)30-6-5-15(12-30)10-22(24,25)26)9-18(13)16-7-19(23)29-20(8-16)27-11-14(2)31/h3-4,7-9,14-15,31H,5-6,10-12H2,1-2H3,(H,27,29)(H,28,32)/t14-,15?/m1/s1. The fourth-order valence-electron chi connectivity index (χ4n) is 3.72. The van der Waals surface area contributed by atoms with Crippen molar-refractivity contribution in [2.45, 2.75) is 39.0 Å². The zero-order valence-electron chi connectivity index (χ0n) is 17.8. The smallest absolute Gasteiger partial charge is 0.389 e. The number of pyridine rings is 1. The number of carbonyl (C=O) groups excluding carboxylic acids is 1. The summed E-state index contributed by atoms with van der Waals surface area (Å²) in [6.45, 7) is 4.26. The lowest BCUT2D eigenvalue weighted by molar-refractivity contribution is -0.143. The van der Waals surface area contributed by atoms with Crippen LogP contribution >= 0.6 is 11.6 Å². The molecule has 0 spiro atoms. The predicted molar refractivity (Wildman–Crippen MR) is 119 cm³/mol. The normalized spacial score (nSPS) is 17.3. The maximum absolute atomic E-state index is 12.6. The van der Waals surface area contributed by atoms with Crippen LogP contribution < -0.4 is 10.6 Å². The Labute approximate surface area is 189 Å². The quantitative estimate of drug-likeness (QED) is 0.500. The molecule has 32 heavy (non-hydrogen) atoms. The number of aliphatic hydroxyl groups excluding tert-OH is 1. The Balaban J connectivity index is 1.73. The van der Waals surface area contributed by atoms with Crippen LogP contribution in [0.4, 0.5) is 29.5 Å². The fourth-order valence-corrected chi connectivity index (χ4v) is 3.93. The van der Waals surface area contributed by atoms with Crippen molar-refractivity contribution < 1.29 is 23.1 Å². The van der Waals surface area contributed by atoms with Gasteiger partial charge in [-0.25, -0.2) is 9.78 Å². The van der Waals surface area contributed by atoms with Crippen LogP contribution in [0, 0.1) is 12.8 Å². The highest BCUT2D eigenvalue weighted by Gasteiger charge is 2.36. The second-order valence-electron chi connectivity index (χ2n) is 8.17. The van der Waals surface area contributed by atoms with Gasteiger partial charge in [-0.2, -0.15) is 13.2 Å². The van der Waals surface area contributed by atoms with Crippen molar-refractivity contribution in [3.8, 4) is 11.1 Å². The molecule has 0 bridgehead atoms. The minimum absolute atomic E-state index is 0.0856. The van der Waals surface area contributed by atoms with Gasteiger partial charge < -0.3 is 20.6 Å². The highest BCUT2D eigenvalue weighted by molar-refractivity contribution is 6.29. The van der Waals surface area contributed by atoms with Gasteiger partial charge in [-0.05, 0) is 67.1 Å². The highest BCUT2D eigenvalue weighted by Crippen LogP contribution is 2.32. The zero-order valence-corrected chi connectivity index (χ0v) is 18.6. The second kappa shape index (κ2) is 9.95. The predicted octanol–water partition coefficient (Wildman–Crippen LogP) is 5.31. The third kappa shape index (κ3) is 6.74. The Kier molecular flexibility index (Phi) is 7.51. The van der Waals surface area contributed by atoms with Crippen LogP contribution in [0.25, 0.3) is 11.1 Å². The van der Waals surface area contributed by atoms with Crippen LogP contribution in [0.3, 0.4) is 0 Å². The maximum Gasteiger partial charge on any atom is 0.389 e. The van der Waals surface area contributed by atoms with Crippen molar-refractivity contribution >= 4 is 29.1 Å². The molecule has 0 radical (unpaired) electrons. The lowest BCUT2D eigenvalue weighted by Crippen LogP contribution is -2.33. The molecule has 3 N–H and O–H groups in total. The average Bonchev–Trinajstić information content (AvgIpc) is 3.14. The third-order valence-electron chi connectivity index (χ3n) is 5.27. The number of nitrogens with one attached hydrogen (secondary N) is 2. The molecule has 1 unspecified atom stereocenters. The van der Waals surface area contributed by atoms with Crippen molar-refractivity contribution in [1.82, 2.24) is 9.88 Å². The van der Waals surface area contributed by atoms with Gasteiger partial charge in [0.15, 0.2) is 0 Å². The van der Waals surface area contributed by atoms with Gasteiger partial charge in [0.1, 0.15) is 11.0 Å². The molecule has 2 heterocycles. The van der Waals surface area contributed by atoms with Gasteiger partial charge in [0.25, 0.3) is 0 Å². The molecule has 10 heteroatoms. The van der Waals surface area contributed by atoms with E-state index in [0.717, 1.165) is 16.7 Å². The van der Waals surface area contributed by atoms with E-state index >= 15 is 0 Å². The highest BCUT2D eigenvalue weighted by atomic mass is 35.5. The number of halogens is 4. The van der Waals surface area contributed by atoms with Crippen LogP contribution in [0.1, 0.15) is 25.3 Å². The number of nitrogens with zero attached hydrogens (tertiary/aromatic N) is 2. The molecule has 2 aromatic rings. The largest absolute Gasteiger partial charge is 0.392 e. The Morgan fingerprint density at radius 2 is 2.09 bits per heavy atom.